The standard InChI is InChI=1S/C33H31N3O4/c1-24-31(23-35(22-25-11-6-4-7-12-25)32(37)26-13-10-16-30(21-26)39-3)33(36(34-24)27-14-8-5-9-15-27)40-29-19-17-28(38-2)18-20-29/h4-21H,22-23H2,1-3H3. The van der Waals surface area contributed by atoms with Crippen LogP contribution in [0.5, 0.6) is 23.1 Å². The van der Waals surface area contributed by atoms with E-state index in [1.165, 1.54) is 0 Å². The van der Waals surface area contributed by atoms with Crippen molar-refractivity contribution >= 4 is 5.91 Å². The van der Waals surface area contributed by atoms with Crippen LogP contribution in [-0.4, -0.2) is 34.8 Å². The average molecular weight is 534 g/mol. The number of aryl methyl sites for hydroxylation is 1. The van der Waals surface area contributed by atoms with Gasteiger partial charge in [-0.05, 0) is 67.1 Å². The van der Waals surface area contributed by atoms with Gasteiger partial charge >= 0.3 is 0 Å². The summed E-state index contributed by atoms with van der Waals surface area (Å²) < 4.78 is 18.9. The second-order valence-corrected chi connectivity index (χ2v) is 9.27. The minimum Gasteiger partial charge on any atom is -0.497 e. The van der Waals surface area contributed by atoms with Crippen molar-refractivity contribution in [2.45, 2.75) is 20.0 Å². The lowest BCUT2D eigenvalue weighted by molar-refractivity contribution is 0.0728. The molecule has 0 spiro atoms. The zero-order valence-electron chi connectivity index (χ0n) is 22.8. The lowest BCUT2D eigenvalue weighted by Gasteiger charge is -2.24. The van der Waals surface area contributed by atoms with E-state index in [1.54, 1.807) is 31.0 Å². The molecule has 5 aromatic rings. The predicted molar refractivity (Wildman–Crippen MR) is 154 cm³/mol. The molecule has 7 heteroatoms. The fraction of sp³-hybridized carbons (Fsp3) is 0.152. The number of amides is 1. The van der Waals surface area contributed by atoms with Gasteiger partial charge in [0.2, 0.25) is 5.88 Å². The number of para-hydroxylation sites is 1. The van der Waals surface area contributed by atoms with Crippen LogP contribution in [0.2, 0.25) is 0 Å². The number of ether oxygens (including phenoxy) is 3. The van der Waals surface area contributed by atoms with Gasteiger partial charge in [0.15, 0.2) is 0 Å². The quantitative estimate of drug-likeness (QED) is 0.197. The Hall–Kier alpha value is -5.04. The lowest BCUT2D eigenvalue weighted by atomic mass is 10.1. The Morgan fingerprint density at radius 3 is 2.08 bits per heavy atom. The molecule has 0 radical (unpaired) electrons. The van der Waals surface area contributed by atoms with E-state index in [2.05, 4.69) is 0 Å². The first kappa shape index (κ1) is 26.6. The average Bonchev–Trinajstić information content (AvgIpc) is 3.31. The molecule has 0 aliphatic heterocycles. The summed E-state index contributed by atoms with van der Waals surface area (Å²) >= 11 is 0. The summed E-state index contributed by atoms with van der Waals surface area (Å²) in [6.07, 6.45) is 0. The number of hydrogen-bond acceptors (Lipinski definition) is 5. The zero-order chi connectivity index (χ0) is 27.9. The summed E-state index contributed by atoms with van der Waals surface area (Å²) in [6, 6.07) is 34.4. The molecule has 0 saturated heterocycles. The van der Waals surface area contributed by atoms with Crippen molar-refractivity contribution in [2.24, 2.45) is 0 Å². The van der Waals surface area contributed by atoms with E-state index in [9.17, 15) is 4.79 Å². The van der Waals surface area contributed by atoms with Gasteiger partial charge < -0.3 is 19.1 Å². The first-order chi connectivity index (χ1) is 19.6. The van der Waals surface area contributed by atoms with Crippen molar-refractivity contribution in [3.05, 3.63) is 132 Å². The Labute approximate surface area is 234 Å². The molecule has 0 aliphatic carbocycles. The van der Waals surface area contributed by atoms with Crippen LogP contribution in [0.3, 0.4) is 0 Å². The van der Waals surface area contributed by atoms with Crippen LogP contribution in [0, 0.1) is 6.92 Å². The highest BCUT2D eigenvalue weighted by molar-refractivity contribution is 5.94. The highest BCUT2D eigenvalue weighted by Crippen LogP contribution is 2.33. The van der Waals surface area contributed by atoms with Gasteiger partial charge in [0.05, 0.1) is 37.7 Å². The maximum absolute atomic E-state index is 13.9. The Kier molecular flexibility index (Phi) is 8.11. The molecule has 1 amide bonds. The molecule has 0 atom stereocenters. The van der Waals surface area contributed by atoms with Gasteiger partial charge in [-0.2, -0.15) is 5.10 Å². The summed E-state index contributed by atoms with van der Waals surface area (Å²) in [4.78, 5) is 15.7. The summed E-state index contributed by atoms with van der Waals surface area (Å²) in [5.74, 6) is 2.42. The summed E-state index contributed by atoms with van der Waals surface area (Å²) in [7, 11) is 3.22. The van der Waals surface area contributed by atoms with E-state index in [0.717, 1.165) is 28.3 Å². The molecule has 1 aromatic heterocycles. The van der Waals surface area contributed by atoms with E-state index < -0.39 is 0 Å². The van der Waals surface area contributed by atoms with Gasteiger partial charge in [-0.3, -0.25) is 4.79 Å². The normalized spacial score (nSPS) is 10.7. The van der Waals surface area contributed by atoms with E-state index in [1.807, 2.05) is 109 Å². The van der Waals surface area contributed by atoms with E-state index in [0.29, 0.717) is 29.5 Å². The summed E-state index contributed by atoms with van der Waals surface area (Å²) in [5, 5.41) is 4.84. The number of carbonyl (C=O) groups is 1. The van der Waals surface area contributed by atoms with Crippen molar-refractivity contribution < 1.29 is 19.0 Å². The fourth-order valence-electron chi connectivity index (χ4n) is 4.46. The van der Waals surface area contributed by atoms with Crippen molar-refractivity contribution in [3.8, 4) is 28.8 Å². The molecular formula is C33H31N3O4. The van der Waals surface area contributed by atoms with Crippen molar-refractivity contribution in [3.63, 3.8) is 0 Å². The first-order valence-electron chi connectivity index (χ1n) is 13.0. The highest BCUT2D eigenvalue weighted by atomic mass is 16.5. The molecule has 0 N–H and O–H groups in total. The number of benzene rings is 4. The minimum atomic E-state index is -0.120. The Morgan fingerprint density at radius 1 is 0.750 bits per heavy atom. The van der Waals surface area contributed by atoms with Crippen molar-refractivity contribution in [1.82, 2.24) is 14.7 Å². The van der Waals surface area contributed by atoms with Crippen LogP contribution in [0.15, 0.2) is 109 Å². The summed E-state index contributed by atoms with van der Waals surface area (Å²) in [5.41, 5.74) is 4.00. The van der Waals surface area contributed by atoms with Crippen LogP contribution in [0.25, 0.3) is 5.69 Å². The van der Waals surface area contributed by atoms with Crippen molar-refractivity contribution in [1.29, 1.82) is 0 Å². The molecule has 0 saturated carbocycles. The highest BCUT2D eigenvalue weighted by Gasteiger charge is 2.25. The summed E-state index contributed by atoms with van der Waals surface area (Å²) in [6.45, 7) is 2.64. The molecule has 0 fully saturated rings. The van der Waals surface area contributed by atoms with Gasteiger partial charge in [0, 0.05) is 12.1 Å². The zero-order valence-corrected chi connectivity index (χ0v) is 22.8. The third-order valence-corrected chi connectivity index (χ3v) is 6.58. The first-order valence-corrected chi connectivity index (χ1v) is 13.0. The number of nitrogens with zero attached hydrogens (tertiary/aromatic N) is 3. The molecule has 4 aromatic carbocycles. The van der Waals surface area contributed by atoms with Crippen LogP contribution in [0.1, 0.15) is 27.2 Å². The third kappa shape index (κ3) is 5.99. The van der Waals surface area contributed by atoms with E-state index in [-0.39, 0.29) is 12.5 Å². The Balaban J connectivity index is 1.57. The monoisotopic (exact) mass is 533 g/mol. The lowest BCUT2D eigenvalue weighted by Crippen LogP contribution is -2.30. The van der Waals surface area contributed by atoms with E-state index in [4.69, 9.17) is 19.3 Å². The topological polar surface area (TPSA) is 65.8 Å². The molecule has 1 heterocycles. The largest absolute Gasteiger partial charge is 0.497 e. The molecule has 7 nitrogen and oxygen atoms in total. The van der Waals surface area contributed by atoms with Gasteiger partial charge in [-0.25, -0.2) is 4.68 Å². The van der Waals surface area contributed by atoms with Crippen LogP contribution >= 0.6 is 0 Å². The Morgan fingerprint density at radius 2 is 1.40 bits per heavy atom. The van der Waals surface area contributed by atoms with Crippen molar-refractivity contribution in [2.75, 3.05) is 14.2 Å². The second-order valence-electron chi connectivity index (χ2n) is 9.27. The minimum absolute atomic E-state index is 0.120. The number of methoxy groups -OCH3 is 2. The van der Waals surface area contributed by atoms with Crippen LogP contribution in [0.4, 0.5) is 0 Å². The maximum atomic E-state index is 13.9. The number of rotatable bonds is 10. The van der Waals surface area contributed by atoms with Crippen LogP contribution < -0.4 is 14.2 Å². The van der Waals surface area contributed by atoms with Gasteiger partial charge in [0.1, 0.15) is 17.2 Å². The second kappa shape index (κ2) is 12.2. The molecule has 202 valence electrons. The fourth-order valence-corrected chi connectivity index (χ4v) is 4.46. The van der Waals surface area contributed by atoms with E-state index >= 15 is 0 Å². The third-order valence-electron chi connectivity index (χ3n) is 6.58. The number of hydrogen-bond donors (Lipinski definition) is 0. The predicted octanol–water partition coefficient (Wildman–Crippen LogP) is 6.83. The number of aromatic nitrogens is 2. The number of carbonyl (C=O) groups excluding carboxylic acids is 1. The van der Waals surface area contributed by atoms with Gasteiger partial charge in [-0.15, -0.1) is 0 Å². The Bertz CT molecular complexity index is 1570. The molecular weight excluding hydrogens is 502 g/mol. The SMILES string of the molecule is COc1ccc(Oc2c(CN(Cc3ccccc3)C(=O)c3cccc(OC)c3)c(C)nn2-c2ccccc2)cc1. The van der Waals surface area contributed by atoms with Gasteiger partial charge in [0.25, 0.3) is 5.91 Å². The molecule has 0 bridgehead atoms. The molecule has 0 aliphatic rings. The van der Waals surface area contributed by atoms with Crippen LogP contribution in [-0.2, 0) is 13.1 Å². The molecule has 5 rings (SSSR count). The van der Waals surface area contributed by atoms with Gasteiger partial charge in [-0.1, -0.05) is 54.6 Å². The maximum Gasteiger partial charge on any atom is 0.254 e. The molecule has 0 unspecified atom stereocenters. The molecule has 40 heavy (non-hydrogen) atoms. The smallest absolute Gasteiger partial charge is 0.254 e.